The molecular weight excluding hydrogens is 419 g/mol. The molecule has 3 aromatic carbocycles. The Morgan fingerprint density at radius 1 is 0.903 bits per heavy atom. The lowest BCUT2D eigenvalue weighted by Crippen LogP contribution is -2.15. The highest BCUT2D eigenvalue weighted by molar-refractivity contribution is 8.00. The van der Waals surface area contributed by atoms with Gasteiger partial charge >= 0.3 is 0 Å². The Kier molecular flexibility index (Phi) is 7.50. The van der Waals surface area contributed by atoms with Crippen LogP contribution in [-0.2, 0) is 4.79 Å². The van der Waals surface area contributed by atoms with E-state index in [1.54, 1.807) is 54.6 Å². The summed E-state index contributed by atoms with van der Waals surface area (Å²) in [6.07, 6.45) is 0. The molecule has 0 bridgehead atoms. The van der Waals surface area contributed by atoms with Crippen molar-refractivity contribution in [3.05, 3.63) is 78.1 Å². The van der Waals surface area contributed by atoms with Crippen LogP contribution < -0.4 is 20.1 Å². The monoisotopic (exact) mass is 440 g/mol. The van der Waals surface area contributed by atoms with Gasteiger partial charge in [0.05, 0.1) is 25.7 Å². The van der Waals surface area contributed by atoms with E-state index in [4.69, 9.17) is 9.47 Å². The molecule has 0 heterocycles. The van der Waals surface area contributed by atoms with Crippen LogP contribution in [0.2, 0.25) is 0 Å². The molecule has 0 atom stereocenters. The molecule has 0 saturated heterocycles. The van der Waals surface area contributed by atoms with Gasteiger partial charge in [-0.15, -0.1) is 11.8 Å². The Balaban J connectivity index is 1.54. The van der Waals surface area contributed by atoms with Crippen LogP contribution in [0, 0.1) is 5.82 Å². The molecule has 31 heavy (non-hydrogen) atoms. The van der Waals surface area contributed by atoms with Gasteiger partial charge in [-0.25, -0.2) is 4.39 Å². The fourth-order valence-electron chi connectivity index (χ4n) is 2.71. The number of para-hydroxylation sites is 1. The zero-order valence-electron chi connectivity index (χ0n) is 17.0. The number of carbonyl (C=O) groups is 2. The lowest BCUT2D eigenvalue weighted by atomic mass is 10.2. The number of hydrogen-bond donors (Lipinski definition) is 2. The summed E-state index contributed by atoms with van der Waals surface area (Å²) in [6.45, 7) is 0. The smallest absolute Gasteiger partial charge is 0.255 e. The van der Waals surface area contributed by atoms with E-state index in [-0.39, 0.29) is 23.3 Å². The van der Waals surface area contributed by atoms with E-state index in [2.05, 4.69) is 10.6 Å². The van der Waals surface area contributed by atoms with Gasteiger partial charge in [0, 0.05) is 16.1 Å². The van der Waals surface area contributed by atoms with Crippen LogP contribution in [0.15, 0.2) is 71.6 Å². The van der Waals surface area contributed by atoms with E-state index in [1.165, 1.54) is 38.1 Å². The van der Waals surface area contributed by atoms with Crippen molar-refractivity contribution in [2.45, 2.75) is 4.90 Å². The number of rotatable bonds is 8. The Morgan fingerprint density at radius 3 is 2.29 bits per heavy atom. The van der Waals surface area contributed by atoms with Crippen molar-refractivity contribution in [2.75, 3.05) is 30.6 Å². The zero-order chi connectivity index (χ0) is 22.2. The van der Waals surface area contributed by atoms with E-state index in [0.29, 0.717) is 22.7 Å². The van der Waals surface area contributed by atoms with Gasteiger partial charge in [0.1, 0.15) is 5.82 Å². The molecule has 0 unspecified atom stereocenters. The van der Waals surface area contributed by atoms with E-state index >= 15 is 0 Å². The van der Waals surface area contributed by atoms with E-state index < -0.39 is 5.82 Å². The van der Waals surface area contributed by atoms with Gasteiger partial charge in [0.15, 0.2) is 11.5 Å². The largest absolute Gasteiger partial charge is 0.493 e. The van der Waals surface area contributed by atoms with Crippen molar-refractivity contribution in [2.24, 2.45) is 0 Å². The van der Waals surface area contributed by atoms with Gasteiger partial charge < -0.3 is 20.1 Å². The molecule has 0 aliphatic rings. The molecule has 0 aliphatic carbocycles. The first-order chi connectivity index (χ1) is 15.0. The fourth-order valence-corrected chi connectivity index (χ4v) is 3.41. The average molecular weight is 440 g/mol. The number of nitrogens with one attached hydrogen (secondary N) is 2. The summed E-state index contributed by atoms with van der Waals surface area (Å²) in [5.41, 5.74) is 1.20. The number of anilines is 2. The maximum atomic E-state index is 13.6. The van der Waals surface area contributed by atoms with Crippen LogP contribution in [0.25, 0.3) is 0 Å². The molecule has 6 nitrogen and oxygen atoms in total. The van der Waals surface area contributed by atoms with Gasteiger partial charge in [0.25, 0.3) is 5.91 Å². The summed E-state index contributed by atoms with van der Waals surface area (Å²) in [5.74, 6) is 0.0723. The first-order valence-electron chi connectivity index (χ1n) is 9.31. The quantitative estimate of drug-likeness (QED) is 0.491. The molecule has 0 spiro atoms. The second kappa shape index (κ2) is 10.5. The van der Waals surface area contributed by atoms with Crippen LogP contribution in [0.3, 0.4) is 0 Å². The van der Waals surface area contributed by atoms with Crippen molar-refractivity contribution in [1.82, 2.24) is 0 Å². The third kappa shape index (κ3) is 5.99. The third-order valence-corrected chi connectivity index (χ3v) is 5.29. The fraction of sp³-hybridized carbons (Fsp3) is 0.130. The predicted molar refractivity (Wildman–Crippen MR) is 120 cm³/mol. The predicted octanol–water partition coefficient (Wildman–Crippen LogP) is 4.83. The summed E-state index contributed by atoms with van der Waals surface area (Å²) >= 11 is 1.31. The summed E-state index contributed by atoms with van der Waals surface area (Å²) in [4.78, 5) is 25.4. The number of ether oxygens (including phenoxy) is 2. The van der Waals surface area contributed by atoms with Crippen molar-refractivity contribution < 1.29 is 23.5 Å². The molecule has 2 amide bonds. The normalized spacial score (nSPS) is 10.3. The van der Waals surface area contributed by atoms with E-state index in [1.807, 2.05) is 0 Å². The molecule has 3 rings (SSSR count). The van der Waals surface area contributed by atoms with E-state index in [9.17, 15) is 14.0 Å². The minimum Gasteiger partial charge on any atom is -0.493 e. The highest BCUT2D eigenvalue weighted by Crippen LogP contribution is 2.28. The Bertz CT molecular complexity index is 1070. The zero-order valence-corrected chi connectivity index (χ0v) is 17.8. The van der Waals surface area contributed by atoms with Crippen LogP contribution >= 0.6 is 11.8 Å². The summed E-state index contributed by atoms with van der Waals surface area (Å²) in [7, 11) is 3.04. The Morgan fingerprint density at radius 2 is 1.61 bits per heavy atom. The molecule has 0 saturated carbocycles. The van der Waals surface area contributed by atoms with Crippen molar-refractivity contribution in [3.8, 4) is 11.5 Å². The first-order valence-corrected chi connectivity index (χ1v) is 10.3. The van der Waals surface area contributed by atoms with Gasteiger partial charge in [-0.3, -0.25) is 9.59 Å². The summed E-state index contributed by atoms with van der Waals surface area (Å²) < 4.78 is 24.0. The number of methoxy groups -OCH3 is 2. The standard InChI is InChI=1S/C23H21FN2O4S/c1-29-20-12-7-15(13-21(20)30-2)23(28)25-16-8-10-17(11-9-16)31-14-22(27)26-19-6-4-3-5-18(19)24/h3-13H,14H2,1-2H3,(H,25,28)(H,26,27). The van der Waals surface area contributed by atoms with Crippen molar-refractivity contribution in [1.29, 1.82) is 0 Å². The van der Waals surface area contributed by atoms with Crippen LogP contribution in [0.1, 0.15) is 10.4 Å². The summed E-state index contributed by atoms with van der Waals surface area (Å²) in [5, 5.41) is 5.36. The second-order valence-electron chi connectivity index (χ2n) is 6.36. The molecule has 0 fully saturated rings. The average Bonchev–Trinajstić information content (AvgIpc) is 2.79. The molecule has 3 aromatic rings. The number of halogens is 1. The van der Waals surface area contributed by atoms with Gasteiger partial charge in [-0.05, 0) is 54.6 Å². The maximum Gasteiger partial charge on any atom is 0.255 e. The summed E-state index contributed by atoms with van der Waals surface area (Å²) in [6, 6.07) is 18.0. The highest BCUT2D eigenvalue weighted by atomic mass is 32.2. The van der Waals surface area contributed by atoms with Crippen LogP contribution in [0.4, 0.5) is 15.8 Å². The third-order valence-electron chi connectivity index (χ3n) is 4.28. The van der Waals surface area contributed by atoms with Crippen molar-refractivity contribution >= 4 is 35.0 Å². The molecule has 0 radical (unpaired) electrons. The van der Waals surface area contributed by atoms with Crippen LogP contribution in [0.5, 0.6) is 11.5 Å². The molecule has 0 aromatic heterocycles. The van der Waals surface area contributed by atoms with Gasteiger partial charge in [-0.2, -0.15) is 0 Å². The number of carbonyl (C=O) groups excluding carboxylic acids is 2. The maximum absolute atomic E-state index is 13.6. The minimum atomic E-state index is -0.476. The Hall–Kier alpha value is -3.52. The molecule has 0 aliphatic heterocycles. The number of amides is 2. The SMILES string of the molecule is COc1ccc(C(=O)Nc2ccc(SCC(=O)Nc3ccccc3F)cc2)cc1OC. The number of thioether (sulfide) groups is 1. The van der Waals surface area contributed by atoms with E-state index in [0.717, 1.165) is 4.90 Å². The van der Waals surface area contributed by atoms with Crippen LogP contribution in [-0.4, -0.2) is 31.8 Å². The number of benzene rings is 3. The lowest BCUT2D eigenvalue weighted by Gasteiger charge is -2.10. The van der Waals surface area contributed by atoms with Gasteiger partial charge in [-0.1, -0.05) is 12.1 Å². The molecule has 8 heteroatoms. The second-order valence-corrected chi connectivity index (χ2v) is 7.41. The molecule has 2 N–H and O–H groups in total. The van der Waals surface area contributed by atoms with Gasteiger partial charge in [0.2, 0.25) is 5.91 Å². The van der Waals surface area contributed by atoms with Crippen molar-refractivity contribution in [3.63, 3.8) is 0 Å². The highest BCUT2D eigenvalue weighted by Gasteiger charge is 2.11. The lowest BCUT2D eigenvalue weighted by molar-refractivity contribution is -0.113. The topological polar surface area (TPSA) is 76.7 Å². The number of hydrogen-bond acceptors (Lipinski definition) is 5. The Labute approximate surface area is 183 Å². The molecular formula is C23H21FN2O4S. The molecule has 160 valence electrons. The minimum absolute atomic E-state index is 0.131. The first kappa shape index (κ1) is 22.2.